The van der Waals surface area contributed by atoms with E-state index in [0.29, 0.717) is 42.7 Å². The molecule has 0 aliphatic carbocycles. The molecule has 8 nitrogen and oxygen atoms in total. The molecule has 2 aromatic heterocycles. The monoisotopic (exact) mass is 610 g/mol. The maximum Gasteiger partial charge on any atom is 0.435 e. The third-order valence-electron chi connectivity index (χ3n) is 7.24. The summed E-state index contributed by atoms with van der Waals surface area (Å²) in [5, 5.41) is 16.4. The van der Waals surface area contributed by atoms with Crippen LogP contribution in [-0.2, 0) is 28.4 Å². The summed E-state index contributed by atoms with van der Waals surface area (Å²) >= 11 is 0. The van der Waals surface area contributed by atoms with Crippen LogP contribution >= 0.6 is 0 Å². The molecule has 2 N–H and O–H groups in total. The Labute approximate surface area is 243 Å². The second-order valence-electron chi connectivity index (χ2n) is 10.1. The van der Waals surface area contributed by atoms with Crippen molar-refractivity contribution in [3.05, 3.63) is 58.9 Å². The number of benzene rings is 2. The topological polar surface area (TPSA) is 104 Å². The van der Waals surface area contributed by atoms with Crippen molar-refractivity contribution >= 4 is 21.8 Å². The molecule has 2 saturated heterocycles. The van der Waals surface area contributed by atoms with Crippen molar-refractivity contribution in [2.45, 2.75) is 77.3 Å². The Kier molecular flexibility index (Phi) is 9.68. The third-order valence-corrected chi connectivity index (χ3v) is 7.24. The van der Waals surface area contributed by atoms with Crippen molar-refractivity contribution in [2.75, 3.05) is 13.2 Å². The fourth-order valence-corrected chi connectivity index (χ4v) is 5.22. The highest BCUT2D eigenvalue weighted by Gasteiger charge is 2.39. The van der Waals surface area contributed by atoms with Crippen molar-refractivity contribution in [1.29, 1.82) is 5.26 Å². The van der Waals surface area contributed by atoms with Gasteiger partial charge in [-0.3, -0.25) is 0 Å². The Morgan fingerprint density at radius 1 is 0.791 bits per heavy atom. The summed E-state index contributed by atoms with van der Waals surface area (Å²) in [6.45, 7) is 1.26. The van der Waals surface area contributed by atoms with E-state index in [-0.39, 0.29) is 30.3 Å². The highest BCUT2D eigenvalue weighted by atomic mass is 19.4. The molecule has 4 aromatic rings. The van der Waals surface area contributed by atoms with Crippen LogP contribution in [0.25, 0.3) is 21.8 Å². The van der Waals surface area contributed by atoms with E-state index < -0.39 is 36.2 Å². The van der Waals surface area contributed by atoms with Crippen molar-refractivity contribution < 1.29 is 35.8 Å². The number of hydrogen-bond donors (Lipinski definition) is 1. The maximum atomic E-state index is 13.2. The summed E-state index contributed by atoms with van der Waals surface area (Å²) < 4.78 is 92.7. The summed E-state index contributed by atoms with van der Waals surface area (Å²) in [4.78, 5) is 0. The number of alkyl halides is 6. The van der Waals surface area contributed by atoms with Crippen LogP contribution in [0.1, 0.15) is 80.9 Å². The third kappa shape index (κ3) is 6.79. The van der Waals surface area contributed by atoms with E-state index in [4.69, 9.17) is 20.5 Å². The zero-order valence-corrected chi connectivity index (χ0v) is 22.4. The van der Waals surface area contributed by atoms with Crippen LogP contribution in [-0.4, -0.2) is 32.8 Å². The summed E-state index contributed by atoms with van der Waals surface area (Å²) in [7, 11) is 0. The number of halogens is 6. The van der Waals surface area contributed by atoms with Crippen LogP contribution in [0.2, 0.25) is 0 Å². The molecular formula is C29H32F6N6O2. The van der Waals surface area contributed by atoms with E-state index in [2.05, 4.69) is 10.2 Å². The standard InChI is InChI=1S/C14H16F3N3O.C14H12F3N3O.CH4/c2*15-14(16,17)13-10-7-9(8-18)4-5-11(10)20(19-13)12-3-1-2-6-21-12;/h4-5,7,12H,1-3,6,8,18H2;4-5,7,12H,1-3,6H2;1H4. The minimum absolute atomic E-state index is 0. The number of nitrogens with zero attached hydrogens (tertiary/aromatic N) is 5. The van der Waals surface area contributed by atoms with E-state index in [9.17, 15) is 26.3 Å². The lowest BCUT2D eigenvalue weighted by atomic mass is 10.1. The molecule has 0 saturated carbocycles. The molecule has 2 unspecified atom stereocenters. The van der Waals surface area contributed by atoms with Gasteiger partial charge in [-0.25, -0.2) is 9.36 Å². The molecule has 0 spiro atoms. The first kappa shape index (κ1) is 32.2. The van der Waals surface area contributed by atoms with Gasteiger partial charge in [0.15, 0.2) is 23.8 Å². The Bertz CT molecular complexity index is 1590. The molecule has 43 heavy (non-hydrogen) atoms. The van der Waals surface area contributed by atoms with Crippen LogP contribution < -0.4 is 5.73 Å². The maximum absolute atomic E-state index is 13.2. The van der Waals surface area contributed by atoms with Gasteiger partial charge in [-0.2, -0.15) is 41.8 Å². The number of rotatable bonds is 3. The van der Waals surface area contributed by atoms with E-state index in [1.807, 2.05) is 6.07 Å². The van der Waals surface area contributed by atoms with Gasteiger partial charge in [0.25, 0.3) is 0 Å². The van der Waals surface area contributed by atoms with Gasteiger partial charge in [-0.1, -0.05) is 13.5 Å². The van der Waals surface area contributed by atoms with Crippen molar-refractivity contribution in [2.24, 2.45) is 5.73 Å². The molecule has 2 atom stereocenters. The molecule has 2 fully saturated rings. The molecule has 6 rings (SSSR count). The highest BCUT2D eigenvalue weighted by Crippen LogP contribution is 2.38. The minimum Gasteiger partial charge on any atom is -0.356 e. The van der Waals surface area contributed by atoms with Gasteiger partial charge in [-0.05, 0) is 74.4 Å². The van der Waals surface area contributed by atoms with Gasteiger partial charge in [0.05, 0.1) is 22.7 Å². The largest absolute Gasteiger partial charge is 0.435 e. The van der Waals surface area contributed by atoms with Gasteiger partial charge in [0.2, 0.25) is 0 Å². The quantitative estimate of drug-likeness (QED) is 0.241. The first-order valence-electron chi connectivity index (χ1n) is 13.5. The fraction of sp³-hybridized carbons (Fsp3) is 0.483. The summed E-state index contributed by atoms with van der Waals surface area (Å²) in [6, 6.07) is 10.9. The predicted octanol–water partition coefficient (Wildman–Crippen LogP) is 7.47. The molecule has 2 aliphatic rings. The van der Waals surface area contributed by atoms with Gasteiger partial charge in [0, 0.05) is 30.5 Å². The number of nitrogens with two attached hydrogens (primary N) is 1. The van der Waals surface area contributed by atoms with Crippen LogP contribution in [0.4, 0.5) is 26.3 Å². The summed E-state index contributed by atoms with van der Waals surface area (Å²) in [6.07, 6.45) is -5.01. The Morgan fingerprint density at radius 2 is 1.28 bits per heavy atom. The van der Waals surface area contributed by atoms with Crippen molar-refractivity contribution in [1.82, 2.24) is 19.6 Å². The van der Waals surface area contributed by atoms with E-state index in [1.54, 1.807) is 12.1 Å². The smallest absolute Gasteiger partial charge is 0.356 e. The fourth-order valence-electron chi connectivity index (χ4n) is 5.22. The second-order valence-corrected chi connectivity index (χ2v) is 10.1. The zero-order valence-electron chi connectivity index (χ0n) is 22.4. The highest BCUT2D eigenvalue weighted by molar-refractivity contribution is 5.84. The van der Waals surface area contributed by atoms with Gasteiger partial charge < -0.3 is 15.2 Å². The van der Waals surface area contributed by atoms with E-state index >= 15 is 0 Å². The van der Waals surface area contributed by atoms with Crippen molar-refractivity contribution in [3.8, 4) is 6.07 Å². The van der Waals surface area contributed by atoms with Gasteiger partial charge in [-0.15, -0.1) is 0 Å². The molecular weight excluding hydrogens is 578 g/mol. The lowest BCUT2D eigenvalue weighted by Gasteiger charge is -2.23. The van der Waals surface area contributed by atoms with Crippen LogP contribution in [0.15, 0.2) is 36.4 Å². The zero-order chi connectivity index (χ0) is 30.1. The first-order chi connectivity index (χ1) is 20.0. The van der Waals surface area contributed by atoms with Gasteiger partial charge >= 0.3 is 12.4 Å². The average molecular weight is 611 g/mol. The van der Waals surface area contributed by atoms with Crippen LogP contribution in [0.3, 0.4) is 0 Å². The number of nitriles is 1. The summed E-state index contributed by atoms with van der Waals surface area (Å²) in [5.74, 6) is 0. The number of ether oxygens (including phenoxy) is 2. The van der Waals surface area contributed by atoms with Crippen LogP contribution in [0.5, 0.6) is 0 Å². The minimum atomic E-state index is -4.56. The average Bonchev–Trinajstić information content (AvgIpc) is 3.57. The number of fused-ring (bicyclic) bond motifs is 2. The lowest BCUT2D eigenvalue weighted by Crippen LogP contribution is -2.20. The molecule has 4 heterocycles. The first-order valence-corrected chi connectivity index (χ1v) is 13.5. The molecule has 0 amide bonds. The molecule has 2 aromatic carbocycles. The lowest BCUT2D eigenvalue weighted by molar-refractivity contribution is -0.142. The number of aromatic nitrogens is 4. The predicted molar refractivity (Wildman–Crippen MR) is 146 cm³/mol. The molecule has 0 radical (unpaired) electrons. The van der Waals surface area contributed by atoms with Gasteiger partial charge in [0.1, 0.15) is 0 Å². The Balaban J connectivity index is 0.000000192. The van der Waals surface area contributed by atoms with E-state index in [0.717, 1.165) is 25.7 Å². The second kappa shape index (κ2) is 12.9. The molecule has 2 aliphatic heterocycles. The molecule has 0 bridgehead atoms. The summed E-state index contributed by atoms with van der Waals surface area (Å²) in [5.41, 5.74) is 5.28. The van der Waals surface area contributed by atoms with Crippen LogP contribution in [0, 0.1) is 11.3 Å². The Hall–Kier alpha value is -3.67. The molecule has 232 valence electrons. The normalized spacial score (nSPS) is 19.4. The Morgan fingerprint density at radius 3 is 1.70 bits per heavy atom. The molecule has 14 heteroatoms. The number of hydrogen-bond acceptors (Lipinski definition) is 6. The van der Waals surface area contributed by atoms with E-state index in [1.165, 1.54) is 33.6 Å². The van der Waals surface area contributed by atoms with Crippen molar-refractivity contribution in [3.63, 3.8) is 0 Å². The SMILES string of the molecule is C.N#Cc1ccc2c(c1)c(C(F)(F)F)nn2C1CCCCO1.NCc1ccc2c(c1)c(C(F)(F)F)nn2C1CCCCO1.